The Balaban J connectivity index is 1.27. The number of carbonyl (C=O) groups is 3. The summed E-state index contributed by atoms with van der Waals surface area (Å²) in [6.45, 7) is -0.512. The van der Waals surface area contributed by atoms with E-state index in [9.17, 15) is 14.4 Å². The van der Waals surface area contributed by atoms with Crippen LogP contribution in [0.1, 0.15) is 46.4 Å². The summed E-state index contributed by atoms with van der Waals surface area (Å²) in [7, 11) is 0. The molecule has 1 fully saturated rings. The van der Waals surface area contributed by atoms with Crippen molar-refractivity contribution in [2.24, 2.45) is 0 Å². The SMILES string of the molecule is O=C(COC(=O)C(NC(=O)c1ccccc1)c1ccccc1)Nc1cc(C2CC2)nn1-c1ccccc1. The maximum atomic E-state index is 13.0. The van der Waals surface area contributed by atoms with Gasteiger partial charge in [0.25, 0.3) is 11.8 Å². The van der Waals surface area contributed by atoms with Gasteiger partial charge in [0.2, 0.25) is 0 Å². The molecule has 37 heavy (non-hydrogen) atoms. The van der Waals surface area contributed by atoms with Gasteiger partial charge in [-0.15, -0.1) is 0 Å². The molecule has 8 heteroatoms. The average Bonchev–Trinajstić information content (AvgIpc) is 3.72. The smallest absolute Gasteiger partial charge is 0.333 e. The Hall–Kier alpha value is -4.72. The predicted octanol–water partition coefficient (Wildman–Crippen LogP) is 4.40. The van der Waals surface area contributed by atoms with Crippen LogP contribution in [0.2, 0.25) is 0 Å². The highest BCUT2D eigenvalue weighted by Gasteiger charge is 2.29. The number of benzene rings is 3. The van der Waals surface area contributed by atoms with Crippen molar-refractivity contribution in [3.8, 4) is 5.69 Å². The third kappa shape index (κ3) is 5.92. The highest BCUT2D eigenvalue weighted by Crippen LogP contribution is 2.40. The van der Waals surface area contributed by atoms with E-state index in [2.05, 4.69) is 15.7 Å². The Morgan fingerprint density at radius 1 is 0.892 bits per heavy atom. The van der Waals surface area contributed by atoms with E-state index < -0.39 is 30.4 Å². The molecular weight excluding hydrogens is 468 g/mol. The fourth-order valence-corrected chi connectivity index (χ4v) is 3.96. The summed E-state index contributed by atoms with van der Waals surface area (Å²) in [6.07, 6.45) is 2.15. The lowest BCUT2D eigenvalue weighted by Crippen LogP contribution is -2.36. The third-order valence-corrected chi connectivity index (χ3v) is 6.02. The van der Waals surface area contributed by atoms with Crippen molar-refractivity contribution < 1.29 is 19.1 Å². The van der Waals surface area contributed by atoms with E-state index in [0.29, 0.717) is 22.9 Å². The molecule has 0 saturated heterocycles. The van der Waals surface area contributed by atoms with Gasteiger partial charge in [-0.1, -0.05) is 66.7 Å². The predicted molar refractivity (Wildman–Crippen MR) is 138 cm³/mol. The maximum Gasteiger partial charge on any atom is 0.333 e. The number of hydrogen-bond acceptors (Lipinski definition) is 5. The molecule has 0 radical (unpaired) electrons. The van der Waals surface area contributed by atoms with Gasteiger partial charge in [-0.05, 0) is 42.7 Å². The van der Waals surface area contributed by atoms with E-state index in [4.69, 9.17) is 4.74 Å². The Morgan fingerprint density at radius 2 is 1.51 bits per heavy atom. The summed E-state index contributed by atoms with van der Waals surface area (Å²) in [6, 6.07) is 27.7. The quantitative estimate of drug-likeness (QED) is 0.336. The van der Waals surface area contributed by atoms with E-state index in [-0.39, 0.29) is 0 Å². The Morgan fingerprint density at radius 3 is 2.16 bits per heavy atom. The lowest BCUT2D eigenvalue weighted by molar-refractivity contribution is -0.149. The molecule has 8 nitrogen and oxygen atoms in total. The standard InChI is InChI=1S/C29H26N4O4/c34-26(30-25-18-24(20-16-17-20)32-33(25)23-14-8-3-9-15-23)19-37-29(36)27(21-10-4-1-5-11-21)31-28(35)22-12-6-2-7-13-22/h1-15,18,20,27H,16-17,19H2,(H,30,34)(H,31,35). The molecule has 1 unspecified atom stereocenters. The van der Waals surface area contributed by atoms with Gasteiger partial charge in [-0.3, -0.25) is 9.59 Å². The van der Waals surface area contributed by atoms with Crippen LogP contribution < -0.4 is 10.6 Å². The van der Waals surface area contributed by atoms with E-state index in [1.807, 2.05) is 42.5 Å². The van der Waals surface area contributed by atoms with Gasteiger partial charge < -0.3 is 15.4 Å². The first-order chi connectivity index (χ1) is 18.1. The average molecular weight is 495 g/mol. The fraction of sp³-hybridized carbons (Fsp3) is 0.172. The third-order valence-electron chi connectivity index (χ3n) is 6.02. The number of rotatable bonds is 9. The van der Waals surface area contributed by atoms with Crippen LogP contribution in [0.15, 0.2) is 97.1 Å². The topological polar surface area (TPSA) is 102 Å². The molecule has 1 saturated carbocycles. The number of nitrogens with one attached hydrogen (secondary N) is 2. The molecule has 1 heterocycles. The van der Waals surface area contributed by atoms with Crippen LogP contribution >= 0.6 is 0 Å². The minimum atomic E-state index is -1.07. The Labute approximate surface area is 214 Å². The second kappa shape index (κ2) is 10.9. The van der Waals surface area contributed by atoms with Crippen molar-refractivity contribution in [2.75, 3.05) is 11.9 Å². The van der Waals surface area contributed by atoms with Crippen LogP contribution in [0.25, 0.3) is 5.69 Å². The molecule has 0 spiro atoms. The van der Waals surface area contributed by atoms with Crippen molar-refractivity contribution in [1.29, 1.82) is 0 Å². The molecule has 4 aromatic rings. The van der Waals surface area contributed by atoms with Gasteiger partial charge in [0, 0.05) is 17.5 Å². The summed E-state index contributed by atoms with van der Waals surface area (Å²) in [5, 5.41) is 10.2. The van der Waals surface area contributed by atoms with Crippen LogP contribution in [0.4, 0.5) is 5.82 Å². The summed E-state index contributed by atoms with van der Waals surface area (Å²) in [5.41, 5.74) is 2.70. The minimum absolute atomic E-state index is 0.401. The van der Waals surface area contributed by atoms with E-state index in [1.165, 1.54) is 0 Å². The molecule has 2 N–H and O–H groups in total. The van der Waals surface area contributed by atoms with Gasteiger partial charge in [0.1, 0.15) is 5.82 Å². The minimum Gasteiger partial charge on any atom is -0.454 e. The fourth-order valence-electron chi connectivity index (χ4n) is 3.96. The van der Waals surface area contributed by atoms with Crippen LogP contribution in [0.5, 0.6) is 0 Å². The number of para-hydroxylation sites is 1. The number of anilines is 1. The van der Waals surface area contributed by atoms with Crippen LogP contribution in [0.3, 0.4) is 0 Å². The number of carbonyl (C=O) groups excluding carboxylic acids is 3. The molecule has 1 aromatic heterocycles. The maximum absolute atomic E-state index is 13.0. The zero-order valence-electron chi connectivity index (χ0n) is 20.0. The molecule has 1 aliphatic rings. The van der Waals surface area contributed by atoms with Crippen molar-refractivity contribution in [3.63, 3.8) is 0 Å². The van der Waals surface area contributed by atoms with Crippen LogP contribution in [-0.2, 0) is 14.3 Å². The molecule has 3 aromatic carbocycles. The highest BCUT2D eigenvalue weighted by atomic mass is 16.5. The van der Waals surface area contributed by atoms with Gasteiger partial charge in [0.15, 0.2) is 12.6 Å². The molecule has 186 valence electrons. The number of ether oxygens (including phenoxy) is 1. The summed E-state index contributed by atoms with van der Waals surface area (Å²) < 4.78 is 7.03. The molecular formula is C29H26N4O4. The number of nitrogens with zero attached hydrogens (tertiary/aromatic N) is 2. The number of aromatic nitrogens is 2. The summed E-state index contributed by atoms with van der Waals surface area (Å²) in [5.74, 6) is -0.755. The van der Waals surface area contributed by atoms with Crippen molar-refractivity contribution in [2.45, 2.75) is 24.8 Å². The summed E-state index contributed by atoms with van der Waals surface area (Å²) >= 11 is 0. The molecule has 1 atom stereocenters. The Bertz CT molecular complexity index is 1380. The van der Waals surface area contributed by atoms with Gasteiger partial charge >= 0.3 is 5.97 Å². The van der Waals surface area contributed by atoms with Crippen molar-refractivity contribution in [3.05, 3.63) is 114 Å². The second-order valence-corrected chi connectivity index (χ2v) is 8.82. The lowest BCUT2D eigenvalue weighted by atomic mass is 10.1. The van der Waals surface area contributed by atoms with Gasteiger partial charge in [-0.2, -0.15) is 5.10 Å². The highest BCUT2D eigenvalue weighted by molar-refractivity contribution is 5.97. The first kappa shape index (κ1) is 24.0. The number of amides is 2. The van der Waals surface area contributed by atoms with Gasteiger partial charge in [0.05, 0.1) is 11.4 Å². The Kier molecular flexibility index (Phi) is 7.07. The molecule has 0 bridgehead atoms. The first-order valence-electron chi connectivity index (χ1n) is 12.1. The second-order valence-electron chi connectivity index (χ2n) is 8.82. The summed E-state index contributed by atoms with van der Waals surface area (Å²) in [4.78, 5) is 38.5. The lowest BCUT2D eigenvalue weighted by Gasteiger charge is -2.18. The first-order valence-corrected chi connectivity index (χ1v) is 12.1. The molecule has 5 rings (SSSR count). The zero-order valence-corrected chi connectivity index (χ0v) is 20.0. The van der Waals surface area contributed by atoms with E-state index in [0.717, 1.165) is 24.2 Å². The van der Waals surface area contributed by atoms with E-state index >= 15 is 0 Å². The van der Waals surface area contributed by atoms with Crippen LogP contribution in [-0.4, -0.2) is 34.2 Å². The van der Waals surface area contributed by atoms with E-state index in [1.54, 1.807) is 59.3 Å². The monoisotopic (exact) mass is 494 g/mol. The largest absolute Gasteiger partial charge is 0.454 e. The number of hydrogen-bond donors (Lipinski definition) is 2. The number of esters is 1. The van der Waals surface area contributed by atoms with Crippen molar-refractivity contribution in [1.82, 2.24) is 15.1 Å². The van der Waals surface area contributed by atoms with Crippen molar-refractivity contribution >= 4 is 23.6 Å². The normalized spacial score (nSPS) is 13.4. The molecule has 0 aliphatic heterocycles. The zero-order chi connectivity index (χ0) is 25.6. The molecule has 1 aliphatic carbocycles. The molecule has 2 amide bonds. The van der Waals surface area contributed by atoms with Crippen LogP contribution in [0, 0.1) is 0 Å². The van der Waals surface area contributed by atoms with Gasteiger partial charge in [-0.25, -0.2) is 9.48 Å².